The number of ether oxygens (including phenoxy) is 1. The Labute approximate surface area is 162 Å². The average Bonchev–Trinajstić information content (AvgIpc) is 3.23. The van der Waals surface area contributed by atoms with Crippen LogP contribution in [0.4, 0.5) is 16.2 Å². The van der Waals surface area contributed by atoms with Crippen LogP contribution in [0.2, 0.25) is 0 Å². The summed E-state index contributed by atoms with van der Waals surface area (Å²) in [7, 11) is 0. The van der Waals surface area contributed by atoms with E-state index >= 15 is 0 Å². The minimum absolute atomic E-state index is 0.108. The van der Waals surface area contributed by atoms with E-state index in [-0.39, 0.29) is 5.92 Å². The summed E-state index contributed by atoms with van der Waals surface area (Å²) in [6.45, 7) is 3.73. The Bertz CT molecular complexity index is 956. The van der Waals surface area contributed by atoms with E-state index in [2.05, 4.69) is 37.0 Å². The number of H-pyrrole nitrogens is 1. The van der Waals surface area contributed by atoms with E-state index in [1.165, 1.54) is 11.8 Å². The van der Waals surface area contributed by atoms with Gasteiger partial charge >= 0.3 is 0 Å². The first-order chi connectivity index (χ1) is 13.8. The third kappa shape index (κ3) is 3.09. The topological polar surface area (TPSA) is 70.2 Å². The van der Waals surface area contributed by atoms with Crippen molar-refractivity contribution in [3.63, 3.8) is 0 Å². The number of halogens is 1. The van der Waals surface area contributed by atoms with E-state index in [1.54, 1.807) is 6.33 Å². The summed E-state index contributed by atoms with van der Waals surface area (Å²) in [4.78, 5) is 20.7. The lowest BCUT2D eigenvalue weighted by Gasteiger charge is -2.33. The predicted molar refractivity (Wildman–Crippen MR) is 103 cm³/mol. The Kier molecular flexibility index (Phi) is 4.40. The van der Waals surface area contributed by atoms with Gasteiger partial charge in [-0.3, -0.25) is 0 Å². The molecule has 2 aliphatic rings. The zero-order valence-corrected chi connectivity index (χ0v) is 15.4. The summed E-state index contributed by atoms with van der Waals surface area (Å²) < 4.78 is 19.8. The number of fused-ring (bicyclic) bond motifs is 1. The molecule has 1 saturated heterocycles. The highest BCUT2D eigenvalue weighted by atomic mass is 19.1. The summed E-state index contributed by atoms with van der Waals surface area (Å²) in [6, 6.07) is 10.3. The second kappa shape index (κ2) is 7.20. The van der Waals surface area contributed by atoms with Crippen LogP contribution in [0, 0.1) is 5.82 Å². The molecule has 28 heavy (non-hydrogen) atoms. The third-order valence-corrected chi connectivity index (χ3v) is 5.34. The van der Waals surface area contributed by atoms with Crippen molar-refractivity contribution < 1.29 is 9.13 Å². The predicted octanol–water partition coefficient (Wildman–Crippen LogP) is 2.33. The second-order valence-corrected chi connectivity index (χ2v) is 7.05. The first-order valence-electron chi connectivity index (χ1n) is 9.47. The first-order valence-corrected chi connectivity index (χ1v) is 9.47. The minimum atomic E-state index is -0.399. The summed E-state index contributed by atoms with van der Waals surface area (Å²) in [5.41, 5.74) is 3.29. The molecule has 1 unspecified atom stereocenters. The van der Waals surface area contributed by atoms with E-state index in [1.807, 2.05) is 23.1 Å². The van der Waals surface area contributed by atoms with Crippen LogP contribution in [0.15, 0.2) is 42.9 Å². The quantitative estimate of drug-likeness (QED) is 0.752. The highest BCUT2D eigenvalue weighted by Crippen LogP contribution is 2.33. The largest absolute Gasteiger partial charge is 0.378 e. The van der Waals surface area contributed by atoms with E-state index in [9.17, 15) is 4.39 Å². The lowest BCUT2D eigenvalue weighted by atomic mass is 9.91. The molecule has 8 heteroatoms. The van der Waals surface area contributed by atoms with Gasteiger partial charge in [0.15, 0.2) is 11.6 Å². The van der Waals surface area contributed by atoms with Crippen LogP contribution >= 0.6 is 0 Å². The summed E-state index contributed by atoms with van der Waals surface area (Å²) in [5, 5.41) is 0. The van der Waals surface area contributed by atoms with Gasteiger partial charge < -0.3 is 19.5 Å². The SMILES string of the molecule is Fc1cnc(N2Cc3[nH]cnc3C(c3ccccc3)C2)nc1N1CCOCC1. The van der Waals surface area contributed by atoms with E-state index in [0.717, 1.165) is 11.4 Å². The van der Waals surface area contributed by atoms with Gasteiger partial charge in [0, 0.05) is 25.6 Å². The average molecular weight is 380 g/mol. The molecule has 1 fully saturated rings. The highest BCUT2D eigenvalue weighted by molar-refractivity contribution is 5.48. The first kappa shape index (κ1) is 17.1. The zero-order valence-electron chi connectivity index (χ0n) is 15.4. The number of hydrogen-bond acceptors (Lipinski definition) is 6. The number of hydrogen-bond donors (Lipinski definition) is 1. The van der Waals surface area contributed by atoms with Gasteiger partial charge in [-0.05, 0) is 5.56 Å². The fourth-order valence-corrected chi connectivity index (χ4v) is 3.92. The number of imidazole rings is 1. The normalized spacial score (nSPS) is 19.5. The molecule has 5 rings (SSSR count). The number of benzene rings is 1. The lowest BCUT2D eigenvalue weighted by Crippen LogP contribution is -2.39. The molecule has 0 amide bonds. The summed E-state index contributed by atoms with van der Waals surface area (Å²) in [6.07, 6.45) is 3.00. The van der Waals surface area contributed by atoms with Crippen LogP contribution in [-0.4, -0.2) is 52.8 Å². The number of nitrogens with zero attached hydrogens (tertiary/aromatic N) is 5. The van der Waals surface area contributed by atoms with Crippen LogP contribution in [0.1, 0.15) is 22.9 Å². The van der Waals surface area contributed by atoms with Crippen molar-refractivity contribution in [2.24, 2.45) is 0 Å². The van der Waals surface area contributed by atoms with Crippen LogP contribution in [0.3, 0.4) is 0 Å². The Morgan fingerprint density at radius 2 is 1.89 bits per heavy atom. The Morgan fingerprint density at radius 1 is 1.07 bits per heavy atom. The maximum atomic E-state index is 14.4. The summed E-state index contributed by atoms with van der Waals surface area (Å²) in [5.74, 6) is 0.588. The Balaban J connectivity index is 1.48. The molecule has 0 saturated carbocycles. The molecule has 0 bridgehead atoms. The fraction of sp³-hybridized carbons (Fsp3) is 0.350. The van der Waals surface area contributed by atoms with Crippen molar-refractivity contribution in [2.45, 2.75) is 12.5 Å². The number of aromatic nitrogens is 4. The molecule has 0 aliphatic carbocycles. The van der Waals surface area contributed by atoms with Crippen molar-refractivity contribution in [3.05, 3.63) is 65.6 Å². The number of nitrogens with one attached hydrogen (secondary N) is 1. The molecular weight excluding hydrogens is 359 g/mol. The molecule has 3 aromatic rings. The van der Waals surface area contributed by atoms with Crippen LogP contribution in [0.5, 0.6) is 0 Å². The molecule has 0 spiro atoms. The van der Waals surface area contributed by atoms with Crippen molar-refractivity contribution >= 4 is 11.8 Å². The molecule has 7 nitrogen and oxygen atoms in total. The van der Waals surface area contributed by atoms with Crippen LogP contribution in [-0.2, 0) is 11.3 Å². The van der Waals surface area contributed by atoms with Crippen molar-refractivity contribution in [2.75, 3.05) is 42.6 Å². The molecule has 1 atom stereocenters. The Hall–Kier alpha value is -3.00. The molecule has 2 aromatic heterocycles. The molecule has 0 radical (unpaired) electrons. The van der Waals surface area contributed by atoms with E-state index in [4.69, 9.17) is 4.74 Å². The van der Waals surface area contributed by atoms with Crippen molar-refractivity contribution in [1.82, 2.24) is 19.9 Å². The maximum absolute atomic E-state index is 14.4. The van der Waals surface area contributed by atoms with Gasteiger partial charge in [0.1, 0.15) is 0 Å². The minimum Gasteiger partial charge on any atom is -0.378 e. The fourth-order valence-electron chi connectivity index (χ4n) is 3.92. The van der Waals surface area contributed by atoms with Gasteiger partial charge in [0.05, 0.1) is 43.7 Å². The number of anilines is 2. The van der Waals surface area contributed by atoms with Crippen LogP contribution in [0.25, 0.3) is 0 Å². The zero-order chi connectivity index (χ0) is 18.9. The Morgan fingerprint density at radius 3 is 2.71 bits per heavy atom. The van der Waals surface area contributed by atoms with Crippen molar-refractivity contribution in [1.29, 1.82) is 0 Å². The van der Waals surface area contributed by atoms with Gasteiger partial charge in [0.25, 0.3) is 0 Å². The van der Waals surface area contributed by atoms with E-state index in [0.29, 0.717) is 51.2 Å². The van der Waals surface area contributed by atoms with Gasteiger partial charge in [-0.25, -0.2) is 14.4 Å². The molecule has 4 heterocycles. The monoisotopic (exact) mass is 380 g/mol. The van der Waals surface area contributed by atoms with Gasteiger partial charge in [-0.1, -0.05) is 30.3 Å². The lowest BCUT2D eigenvalue weighted by molar-refractivity contribution is 0.122. The van der Waals surface area contributed by atoms with Gasteiger partial charge in [-0.15, -0.1) is 0 Å². The molecule has 1 aromatic carbocycles. The smallest absolute Gasteiger partial charge is 0.227 e. The molecular formula is C20H21FN6O. The third-order valence-electron chi connectivity index (χ3n) is 5.34. The van der Waals surface area contributed by atoms with Gasteiger partial charge in [-0.2, -0.15) is 4.98 Å². The molecule has 2 aliphatic heterocycles. The summed E-state index contributed by atoms with van der Waals surface area (Å²) >= 11 is 0. The second-order valence-electron chi connectivity index (χ2n) is 7.05. The maximum Gasteiger partial charge on any atom is 0.227 e. The number of morpholine rings is 1. The molecule has 144 valence electrons. The highest BCUT2D eigenvalue weighted by Gasteiger charge is 2.31. The number of aromatic amines is 1. The number of rotatable bonds is 3. The van der Waals surface area contributed by atoms with E-state index < -0.39 is 5.82 Å². The standard InChI is InChI=1S/C20H21FN6O/c21-16-10-22-20(25-19(16)26-6-8-28-9-7-26)27-11-15(14-4-2-1-3-5-14)18-17(12-27)23-13-24-18/h1-5,10,13,15H,6-9,11-12H2,(H,23,24). The van der Waals surface area contributed by atoms with Crippen molar-refractivity contribution in [3.8, 4) is 0 Å². The molecule has 1 N–H and O–H groups in total. The van der Waals surface area contributed by atoms with Crippen LogP contribution < -0.4 is 9.80 Å². The van der Waals surface area contributed by atoms with Gasteiger partial charge in [0.2, 0.25) is 5.95 Å².